The van der Waals surface area contributed by atoms with Gasteiger partial charge in [0.05, 0.1) is 0 Å². The average molecular weight is 284 g/mol. The second kappa shape index (κ2) is 8.95. The first-order valence-corrected chi connectivity index (χ1v) is 7.72. The van der Waals surface area contributed by atoms with Crippen molar-refractivity contribution in [3.63, 3.8) is 0 Å². The van der Waals surface area contributed by atoms with E-state index in [0.717, 1.165) is 25.9 Å². The van der Waals surface area contributed by atoms with E-state index in [1.54, 1.807) is 4.90 Å². The number of nitrogens with zero attached hydrogens (tertiary/aromatic N) is 1. The summed E-state index contributed by atoms with van der Waals surface area (Å²) in [5.74, 6) is 0.131. The van der Waals surface area contributed by atoms with Crippen molar-refractivity contribution in [1.82, 2.24) is 10.2 Å². The van der Waals surface area contributed by atoms with Gasteiger partial charge in [0.25, 0.3) is 0 Å². The van der Waals surface area contributed by atoms with Gasteiger partial charge in [-0.25, -0.2) is 0 Å². The second-order valence-corrected chi connectivity index (χ2v) is 5.68. The zero-order valence-electron chi connectivity index (χ0n) is 13.0. The van der Waals surface area contributed by atoms with Crippen LogP contribution in [0.15, 0.2) is 0 Å². The molecule has 1 aliphatic rings. The number of nitrogens with one attached hydrogen (secondary N) is 1. The van der Waals surface area contributed by atoms with Crippen LogP contribution in [0.5, 0.6) is 0 Å². The number of carbonyl (C=O) groups is 2. The van der Waals surface area contributed by atoms with E-state index in [-0.39, 0.29) is 23.8 Å². The molecule has 1 heterocycles. The summed E-state index contributed by atoms with van der Waals surface area (Å²) in [4.78, 5) is 25.8. The fraction of sp³-hybridized carbons (Fsp3) is 0.867. The van der Waals surface area contributed by atoms with Crippen molar-refractivity contribution in [3.8, 4) is 0 Å². The van der Waals surface area contributed by atoms with E-state index in [1.165, 1.54) is 0 Å². The number of unbranched alkanes of at least 4 members (excludes halogenated alkanes) is 1. The van der Waals surface area contributed by atoms with Crippen LogP contribution in [0, 0.1) is 5.92 Å². The molecule has 5 heteroatoms. The Bertz CT molecular complexity index is 318. The summed E-state index contributed by atoms with van der Waals surface area (Å²) in [5, 5.41) is 2.81. The summed E-state index contributed by atoms with van der Waals surface area (Å²) in [6, 6.07) is -0.383. The summed E-state index contributed by atoms with van der Waals surface area (Å²) in [5.41, 5.74) is 0. The Labute approximate surface area is 122 Å². The molecule has 2 amide bonds. The molecular formula is C15H28N2O3. The SMILES string of the molecule is CCCCOCCCN1CCC(=O)NC(C(C)C)C1=O. The van der Waals surface area contributed by atoms with Crippen LogP contribution in [0.4, 0.5) is 0 Å². The first kappa shape index (κ1) is 17.0. The van der Waals surface area contributed by atoms with Crippen molar-refractivity contribution >= 4 is 11.8 Å². The quantitative estimate of drug-likeness (QED) is 0.688. The molecule has 0 aliphatic carbocycles. The van der Waals surface area contributed by atoms with Crippen LogP contribution >= 0.6 is 0 Å². The molecule has 0 radical (unpaired) electrons. The molecule has 1 unspecified atom stereocenters. The fourth-order valence-corrected chi connectivity index (χ4v) is 2.23. The highest BCUT2D eigenvalue weighted by Gasteiger charge is 2.31. The standard InChI is InChI=1S/C15H28N2O3/c1-4-5-10-20-11-6-8-17-9-7-13(18)16-14(12(2)3)15(17)19/h12,14H,4-11H2,1-3H3,(H,16,18). The first-order valence-electron chi connectivity index (χ1n) is 7.72. The third kappa shape index (κ3) is 5.49. The number of amides is 2. The lowest BCUT2D eigenvalue weighted by Gasteiger charge is -2.26. The van der Waals surface area contributed by atoms with Gasteiger partial charge in [0.15, 0.2) is 0 Å². The maximum absolute atomic E-state index is 12.4. The smallest absolute Gasteiger partial charge is 0.245 e. The number of ether oxygens (including phenoxy) is 1. The third-order valence-corrected chi connectivity index (χ3v) is 3.53. The van der Waals surface area contributed by atoms with E-state index in [1.807, 2.05) is 13.8 Å². The van der Waals surface area contributed by atoms with Gasteiger partial charge in [0.2, 0.25) is 11.8 Å². The van der Waals surface area contributed by atoms with Crippen LogP contribution in [0.3, 0.4) is 0 Å². The van der Waals surface area contributed by atoms with Crippen LogP contribution in [-0.4, -0.2) is 49.1 Å². The van der Waals surface area contributed by atoms with Crippen LogP contribution in [-0.2, 0) is 14.3 Å². The molecule has 0 aromatic heterocycles. The summed E-state index contributed by atoms with van der Waals surface area (Å²) in [7, 11) is 0. The van der Waals surface area contributed by atoms with Crippen molar-refractivity contribution in [1.29, 1.82) is 0 Å². The highest BCUT2D eigenvalue weighted by atomic mass is 16.5. The monoisotopic (exact) mass is 284 g/mol. The second-order valence-electron chi connectivity index (χ2n) is 5.68. The van der Waals surface area contributed by atoms with E-state index in [9.17, 15) is 9.59 Å². The molecule has 0 saturated carbocycles. The highest BCUT2D eigenvalue weighted by molar-refractivity contribution is 5.90. The molecule has 20 heavy (non-hydrogen) atoms. The Morgan fingerprint density at radius 3 is 2.65 bits per heavy atom. The van der Waals surface area contributed by atoms with E-state index in [4.69, 9.17) is 4.74 Å². The van der Waals surface area contributed by atoms with Crippen molar-refractivity contribution < 1.29 is 14.3 Å². The Morgan fingerprint density at radius 2 is 2.00 bits per heavy atom. The van der Waals surface area contributed by atoms with Crippen molar-refractivity contribution in [2.45, 2.75) is 52.5 Å². The third-order valence-electron chi connectivity index (χ3n) is 3.53. The minimum atomic E-state index is -0.383. The Kier molecular flexibility index (Phi) is 7.59. The molecule has 1 N–H and O–H groups in total. The molecule has 1 rings (SSSR count). The molecule has 0 spiro atoms. The zero-order chi connectivity index (χ0) is 15.0. The maximum Gasteiger partial charge on any atom is 0.245 e. The van der Waals surface area contributed by atoms with E-state index >= 15 is 0 Å². The predicted molar refractivity (Wildman–Crippen MR) is 78.3 cm³/mol. The summed E-state index contributed by atoms with van der Waals surface area (Å²) in [6.07, 6.45) is 3.44. The minimum Gasteiger partial charge on any atom is -0.381 e. The molecule has 1 aliphatic heterocycles. The van der Waals surface area contributed by atoms with E-state index in [2.05, 4.69) is 12.2 Å². The zero-order valence-corrected chi connectivity index (χ0v) is 13.0. The molecule has 1 fully saturated rings. The lowest BCUT2D eigenvalue weighted by molar-refractivity contribution is -0.134. The summed E-state index contributed by atoms with van der Waals surface area (Å²) >= 11 is 0. The van der Waals surface area contributed by atoms with Crippen molar-refractivity contribution in [3.05, 3.63) is 0 Å². The number of carbonyl (C=O) groups excluding carboxylic acids is 2. The van der Waals surface area contributed by atoms with Gasteiger partial charge in [-0.1, -0.05) is 27.2 Å². The largest absolute Gasteiger partial charge is 0.381 e. The van der Waals surface area contributed by atoms with Gasteiger partial charge in [-0.15, -0.1) is 0 Å². The lowest BCUT2D eigenvalue weighted by Crippen LogP contribution is -2.48. The molecule has 1 saturated heterocycles. The number of hydrogen-bond donors (Lipinski definition) is 1. The molecule has 0 aromatic rings. The molecule has 0 aromatic carbocycles. The fourth-order valence-electron chi connectivity index (χ4n) is 2.23. The van der Waals surface area contributed by atoms with Gasteiger partial charge >= 0.3 is 0 Å². The Morgan fingerprint density at radius 1 is 1.30 bits per heavy atom. The number of hydrogen-bond acceptors (Lipinski definition) is 3. The van der Waals surface area contributed by atoms with Crippen LogP contribution in [0.25, 0.3) is 0 Å². The average Bonchev–Trinajstić information content (AvgIpc) is 2.55. The van der Waals surface area contributed by atoms with E-state index < -0.39 is 0 Å². The van der Waals surface area contributed by atoms with Crippen molar-refractivity contribution in [2.24, 2.45) is 5.92 Å². The van der Waals surface area contributed by atoms with Gasteiger partial charge < -0.3 is 15.0 Å². The summed E-state index contributed by atoms with van der Waals surface area (Å²) < 4.78 is 5.51. The van der Waals surface area contributed by atoms with E-state index in [0.29, 0.717) is 26.1 Å². The van der Waals surface area contributed by atoms with Crippen molar-refractivity contribution in [2.75, 3.05) is 26.3 Å². The Hall–Kier alpha value is -1.10. The molecular weight excluding hydrogens is 256 g/mol. The van der Waals surface area contributed by atoms with Crippen LogP contribution in [0.1, 0.15) is 46.5 Å². The Balaban J connectivity index is 2.39. The predicted octanol–water partition coefficient (Wildman–Crippen LogP) is 1.57. The van der Waals surface area contributed by atoms with Crippen LogP contribution < -0.4 is 5.32 Å². The minimum absolute atomic E-state index is 0.0289. The van der Waals surface area contributed by atoms with Gasteiger partial charge in [-0.05, 0) is 18.8 Å². The highest BCUT2D eigenvalue weighted by Crippen LogP contribution is 2.11. The first-order chi connectivity index (χ1) is 9.56. The lowest BCUT2D eigenvalue weighted by atomic mass is 10.0. The molecule has 0 bridgehead atoms. The molecule has 116 valence electrons. The topological polar surface area (TPSA) is 58.6 Å². The van der Waals surface area contributed by atoms with Gasteiger partial charge in [0, 0.05) is 32.7 Å². The maximum atomic E-state index is 12.4. The van der Waals surface area contributed by atoms with Gasteiger partial charge in [0.1, 0.15) is 6.04 Å². The normalized spacial score (nSPS) is 20.2. The van der Waals surface area contributed by atoms with Gasteiger partial charge in [-0.3, -0.25) is 9.59 Å². The number of rotatable bonds is 8. The molecule has 5 nitrogen and oxygen atoms in total. The summed E-state index contributed by atoms with van der Waals surface area (Å²) in [6.45, 7) is 8.71. The molecule has 1 atom stereocenters. The van der Waals surface area contributed by atoms with Crippen LogP contribution in [0.2, 0.25) is 0 Å². The van der Waals surface area contributed by atoms with Gasteiger partial charge in [-0.2, -0.15) is 0 Å².